The van der Waals surface area contributed by atoms with Gasteiger partial charge < -0.3 is 10.2 Å². The molecule has 0 saturated heterocycles. The molecule has 108 valence electrons. The molecule has 2 aromatic rings. The van der Waals surface area contributed by atoms with Crippen LogP contribution in [0, 0.1) is 13.8 Å². The fourth-order valence-electron chi connectivity index (χ4n) is 1.96. The van der Waals surface area contributed by atoms with Gasteiger partial charge in [0.15, 0.2) is 0 Å². The van der Waals surface area contributed by atoms with Gasteiger partial charge in [-0.1, -0.05) is 0 Å². The van der Waals surface area contributed by atoms with Crippen molar-refractivity contribution in [3.05, 3.63) is 26.7 Å². The van der Waals surface area contributed by atoms with E-state index in [0.717, 1.165) is 0 Å². The van der Waals surface area contributed by atoms with E-state index in [1.54, 1.807) is 16.2 Å². The maximum absolute atomic E-state index is 5.93. The van der Waals surface area contributed by atoms with Crippen LogP contribution in [0.1, 0.15) is 28.3 Å². The fourth-order valence-corrected chi connectivity index (χ4v) is 3.13. The van der Waals surface area contributed by atoms with Gasteiger partial charge in [-0.2, -0.15) is 15.0 Å². The molecule has 1 N–H and O–H groups in total. The van der Waals surface area contributed by atoms with E-state index < -0.39 is 0 Å². The minimum atomic E-state index is 0.119. The van der Waals surface area contributed by atoms with E-state index in [0.29, 0.717) is 11.9 Å². The van der Waals surface area contributed by atoms with Crippen molar-refractivity contribution in [3.8, 4) is 0 Å². The van der Waals surface area contributed by atoms with Crippen LogP contribution in [0.15, 0.2) is 6.07 Å². The number of aromatic nitrogens is 3. The van der Waals surface area contributed by atoms with Crippen LogP contribution in [-0.4, -0.2) is 29.0 Å². The van der Waals surface area contributed by atoms with Gasteiger partial charge in [0.2, 0.25) is 17.2 Å². The lowest BCUT2D eigenvalue weighted by atomic mass is 10.1. The molecular weight excluding hydrogens is 294 g/mol. The average Bonchev–Trinajstić information content (AvgIpc) is 2.67. The summed E-state index contributed by atoms with van der Waals surface area (Å²) < 4.78 is 0. The monoisotopic (exact) mass is 311 g/mol. The lowest BCUT2D eigenvalue weighted by molar-refractivity contribution is 0.845. The molecule has 0 amide bonds. The van der Waals surface area contributed by atoms with Gasteiger partial charge in [0.25, 0.3) is 0 Å². The first-order valence-electron chi connectivity index (χ1n) is 6.29. The minimum absolute atomic E-state index is 0.119. The summed E-state index contributed by atoms with van der Waals surface area (Å²) in [4.78, 5) is 16.9. The smallest absolute Gasteiger partial charge is 0.230 e. The highest BCUT2D eigenvalue weighted by molar-refractivity contribution is 7.12. The van der Waals surface area contributed by atoms with Gasteiger partial charge in [-0.3, -0.25) is 0 Å². The fraction of sp³-hybridized carbons (Fsp3) is 0.462. The number of halogens is 1. The third kappa shape index (κ3) is 3.37. The van der Waals surface area contributed by atoms with E-state index in [4.69, 9.17) is 11.6 Å². The molecule has 2 aromatic heterocycles. The van der Waals surface area contributed by atoms with Crippen molar-refractivity contribution < 1.29 is 0 Å². The molecule has 2 rings (SSSR count). The maximum atomic E-state index is 5.93. The Hall–Kier alpha value is -1.40. The second kappa shape index (κ2) is 5.93. The molecule has 7 heteroatoms. The lowest BCUT2D eigenvalue weighted by Crippen LogP contribution is -2.16. The maximum Gasteiger partial charge on any atom is 0.230 e. The Labute approximate surface area is 128 Å². The Balaban J connectivity index is 2.23. The molecule has 1 atom stereocenters. The van der Waals surface area contributed by atoms with Crippen LogP contribution in [0.25, 0.3) is 0 Å². The van der Waals surface area contributed by atoms with Gasteiger partial charge >= 0.3 is 0 Å². The Kier molecular flexibility index (Phi) is 4.45. The summed E-state index contributed by atoms with van der Waals surface area (Å²) in [5.74, 6) is 1.03. The molecule has 0 aliphatic rings. The number of rotatable bonds is 4. The first kappa shape index (κ1) is 15.0. The van der Waals surface area contributed by atoms with Gasteiger partial charge in [0, 0.05) is 23.8 Å². The van der Waals surface area contributed by atoms with E-state index in [-0.39, 0.29) is 11.3 Å². The van der Waals surface area contributed by atoms with E-state index in [9.17, 15) is 0 Å². The zero-order valence-electron chi connectivity index (χ0n) is 12.2. The predicted octanol–water partition coefficient (Wildman–Crippen LogP) is 3.44. The van der Waals surface area contributed by atoms with Crippen LogP contribution in [0.3, 0.4) is 0 Å². The van der Waals surface area contributed by atoms with Gasteiger partial charge in [-0.05, 0) is 44.0 Å². The summed E-state index contributed by atoms with van der Waals surface area (Å²) in [6.07, 6.45) is 0. The molecule has 0 radical (unpaired) electrons. The first-order chi connectivity index (χ1) is 9.36. The molecule has 20 heavy (non-hydrogen) atoms. The second-order valence-electron chi connectivity index (χ2n) is 4.86. The largest absolute Gasteiger partial charge is 0.347 e. The number of thiophene rings is 1. The number of hydrogen-bond donors (Lipinski definition) is 1. The average molecular weight is 312 g/mol. The van der Waals surface area contributed by atoms with E-state index >= 15 is 0 Å². The van der Waals surface area contributed by atoms with Gasteiger partial charge in [0.05, 0.1) is 6.04 Å². The predicted molar refractivity (Wildman–Crippen MR) is 85.0 cm³/mol. The van der Waals surface area contributed by atoms with Crippen LogP contribution < -0.4 is 10.2 Å². The molecule has 2 heterocycles. The summed E-state index contributed by atoms with van der Waals surface area (Å²) in [7, 11) is 3.73. The second-order valence-corrected chi connectivity index (χ2v) is 6.66. The third-order valence-electron chi connectivity index (χ3n) is 2.89. The first-order valence-corrected chi connectivity index (χ1v) is 7.48. The van der Waals surface area contributed by atoms with Crippen LogP contribution >= 0.6 is 22.9 Å². The third-order valence-corrected chi connectivity index (χ3v) is 4.04. The Morgan fingerprint density at radius 3 is 2.50 bits per heavy atom. The molecular formula is C13H18ClN5S. The quantitative estimate of drug-likeness (QED) is 0.937. The SMILES string of the molecule is Cc1cc(C(C)Nc2nc(Cl)nc(N(C)C)n2)c(C)s1. The van der Waals surface area contributed by atoms with Crippen molar-refractivity contribution in [3.63, 3.8) is 0 Å². The topological polar surface area (TPSA) is 53.9 Å². The number of anilines is 2. The summed E-state index contributed by atoms with van der Waals surface area (Å²) in [5.41, 5.74) is 1.26. The van der Waals surface area contributed by atoms with Crippen molar-refractivity contribution in [2.45, 2.75) is 26.8 Å². The standard InChI is InChI=1S/C13H18ClN5S/c1-7-6-10(9(3)20-7)8(2)15-12-16-11(14)17-13(18-12)19(4)5/h6,8H,1-5H3,(H,15,16,17,18). The van der Waals surface area contributed by atoms with E-state index in [1.807, 2.05) is 14.1 Å². The number of hydrogen-bond acceptors (Lipinski definition) is 6. The van der Waals surface area contributed by atoms with Crippen molar-refractivity contribution in [1.82, 2.24) is 15.0 Å². The van der Waals surface area contributed by atoms with Gasteiger partial charge in [-0.25, -0.2) is 0 Å². The van der Waals surface area contributed by atoms with Gasteiger partial charge in [0.1, 0.15) is 0 Å². The number of nitrogens with one attached hydrogen (secondary N) is 1. The van der Waals surface area contributed by atoms with E-state index in [2.05, 4.69) is 47.1 Å². The van der Waals surface area contributed by atoms with Crippen LogP contribution in [0.4, 0.5) is 11.9 Å². The zero-order valence-corrected chi connectivity index (χ0v) is 13.8. The molecule has 0 aliphatic heterocycles. The molecule has 0 aliphatic carbocycles. The van der Waals surface area contributed by atoms with E-state index in [1.165, 1.54) is 15.3 Å². The van der Waals surface area contributed by atoms with Crippen LogP contribution in [-0.2, 0) is 0 Å². The Morgan fingerprint density at radius 2 is 1.95 bits per heavy atom. The molecule has 5 nitrogen and oxygen atoms in total. The molecule has 0 bridgehead atoms. The van der Waals surface area contributed by atoms with Crippen molar-refractivity contribution in [2.24, 2.45) is 0 Å². The molecule has 1 unspecified atom stereocenters. The summed E-state index contributed by atoms with van der Waals surface area (Å²) in [6.45, 7) is 6.32. The number of aryl methyl sites for hydroxylation is 2. The lowest BCUT2D eigenvalue weighted by Gasteiger charge is -2.16. The van der Waals surface area contributed by atoms with Gasteiger partial charge in [-0.15, -0.1) is 11.3 Å². The number of nitrogens with zero attached hydrogens (tertiary/aromatic N) is 4. The summed E-state index contributed by atoms with van der Waals surface area (Å²) in [5, 5.41) is 3.47. The zero-order chi connectivity index (χ0) is 14.9. The summed E-state index contributed by atoms with van der Waals surface area (Å²) >= 11 is 7.72. The highest BCUT2D eigenvalue weighted by Gasteiger charge is 2.14. The molecule has 0 spiro atoms. The Bertz CT molecular complexity index is 611. The van der Waals surface area contributed by atoms with Crippen molar-refractivity contribution >= 4 is 34.8 Å². The van der Waals surface area contributed by atoms with Crippen molar-refractivity contribution in [2.75, 3.05) is 24.3 Å². The molecule has 0 fully saturated rings. The molecule has 0 saturated carbocycles. The molecule has 0 aromatic carbocycles. The van der Waals surface area contributed by atoms with Crippen molar-refractivity contribution in [1.29, 1.82) is 0 Å². The highest BCUT2D eigenvalue weighted by atomic mass is 35.5. The van der Waals surface area contributed by atoms with Crippen LogP contribution in [0.5, 0.6) is 0 Å². The van der Waals surface area contributed by atoms with Crippen LogP contribution in [0.2, 0.25) is 5.28 Å². The summed E-state index contributed by atoms with van der Waals surface area (Å²) in [6, 6.07) is 2.31. The normalized spacial score (nSPS) is 12.3. The Morgan fingerprint density at radius 1 is 1.25 bits per heavy atom. The highest BCUT2D eigenvalue weighted by Crippen LogP contribution is 2.28. The minimum Gasteiger partial charge on any atom is -0.347 e.